The van der Waals surface area contributed by atoms with Crippen molar-refractivity contribution in [3.8, 4) is 22.5 Å². The van der Waals surface area contributed by atoms with Crippen LogP contribution in [0, 0.1) is 18.6 Å². The fourth-order valence-electron chi connectivity index (χ4n) is 4.48. The number of carbonyl (C=O) groups excluding carboxylic acids is 1. The molecule has 1 saturated carbocycles. The third-order valence-corrected chi connectivity index (χ3v) is 6.44. The number of aryl methyl sites for hydroxylation is 2. The fraction of sp³-hybridized carbons (Fsp3) is 0.304. The van der Waals surface area contributed by atoms with Gasteiger partial charge >= 0.3 is 6.09 Å². The predicted molar refractivity (Wildman–Crippen MR) is 117 cm³/mol. The van der Waals surface area contributed by atoms with Crippen LogP contribution in [-0.2, 0) is 11.2 Å². The van der Waals surface area contributed by atoms with Crippen LogP contribution in [-0.4, -0.2) is 32.8 Å². The molecule has 34 heavy (non-hydrogen) atoms. The zero-order valence-corrected chi connectivity index (χ0v) is 18.7. The van der Waals surface area contributed by atoms with E-state index in [0.717, 1.165) is 6.07 Å². The summed E-state index contributed by atoms with van der Waals surface area (Å²) in [5.74, 6) is -1.44. The number of fused-ring (bicyclic) bond motifs is 1. The quantitative estimate of drug-likeness (QED) is 0.485. The van der Waals surface area contributed by atoms with Gasteiger partial charge in [-0.25, -0.2) is 13.6 Å². The molecule has 1 unspecified atom stereocenters. The summed E-state index contributed by atoms with van der Waals surface area (Å²) in [6, 6.07) is 5.03. The standard InChI is InChI=1S/C23H19ClF2N4O4/c1-10-27-20(30-34-10)19-14(8-13(24)9-16(19)26)12-6-11-2-3-17(18(11)15(25)7-12)28-21(31)23(4-5-23)29-22(32)33/h6-9,17,29H,2-5H2,1H3,(H,28,31)(H,32,33). The molecule has 8 nitrogen and oxygen atoms in total. The molecule has 0 spiro atoms. The molecule has 1 aromatic heterocycles. The van der Waals surface area contributed by atoms with Crippen LogP contribution in [0.5, 0.6) is 0 Å². The zero-order valence-electron chi connectivity index (χ0n) is 17.9. The van der Waals surface area contributed by atoms with E-state index in [1.165, 1.54) is 12.1 Å². The van der Waals surface area contributed by atoms with Gasteiger partial charge in [-0.2, -0.15) is 4.98 Å². The van der Waals surface area contributed by atoms with E-state index < -0.39 is 35.2 Å². The Balaban J connectivity index is 1.50. The second-order valence-electron chi connectivity index (χ2n) is 8.56. The van der Waals surface area contributed by atoms with Gasteiger partial charge in [0.1, 0.15) is 17.2 Å². The van der Waals surface area contributed by atoms with Crippen molar-refractivity contribution in [3.63, 3.8) is 0 Å². The van der Waals surface area contributed by atoms with Crippen molar-refractivity contribution in [2.45, 2.75) is 44.2 Å². The Bertz CT molecular complexity index is 1340. The average molecular weight is 489 g/mol. The van der Waals surface area contributed by atoms with E-state index in [9.17, 15) is 14.0 Å². The monoisotopic (exact) mass is 488 g/mol. The van der Waals surface area contributed by atoms with Crippen molar-refractivity contribution >= 4 is 23.6 Å². The van der Waals surface area contributed by atoms with Gasteiger partial charge in [-0.05, 0) is 60.6 Å². The number of carboxylic acid groups (broad SMARTS) is 1. The van der Waals surface area contributed by atoms with Gasteiger partial charge in [0, 0.05) is 17.5 Å². The smallest absolute Gasteiger partial charge is 0.405 e. The molecule has 0 bridgehead atoms. The highest BCUT2D eigenvalue weighted by Crippen LogP contribution is 2.42. The Morgan fingerprint density at radius 2 is 1.97 bits per heavy atom. The zero-order chi connectivity index (χ0) is 24.2. The topological polar surface area (TPSA) is 117 Å². The van der Waals surface area contributed by atoms with Gasteiger partial charge in [0.15, 0.2) is 0 Å². The first kappa shape index (κ1) is 22.3. The highest BCUT2D eigenvalue weighted by Gasteiger charge is 2.52. The summed E-state index contributed by atoms with van der Waals surface area (Å²) in [5.41, 5.74) is 0.574. The molecule has 2 aliphatic rings. The summed E-state index contributed by atoms with van der Waals surface area (Å²) >= 11 is 6.09. The van der Waals surface area contributed by atoms with Crippen molar-refractivity contribution in [1.82, 2.24) is 20.8 Å². The molecule has 1 fully saturated rings. The minimum absolute atomic E-state index is 0.0216. The van der Waals surface area contributed by atoms with Crippen molar-refractivity contribution in [1.29, 1.82) is 0 Å². The molecule has 1 atom stereocenters. The first-order valence-corrected chi connectivity index (χ1v) is 11.0. The summed E-state index contributed by atoms with van der Waals surface area (Å²) in [6.45, 7) is 1.57. The molecule has 11 heteroatoms. The number of rotatable bonds is 5. The van der Waals surface area contributed by atoms with E-state index >= 15 is 4.39 Å². The molecule has 3 N–H and O–H groups in total. The lowest BCUT2D eigenvalue weighted by atomic mass is 9.95. The Hall–Kier alpha value is -3.53. The second-order valence-corrected chi connectivity index (χ2v) is 8.99. The molecule has 2 aromatic carbocycles. The molecule has 2 aliphatic carbocycles. The summed E-state index contributed by atoms with van der Waals surface area (Å²) in [7, 11) is 0. The van der Waals surface area contributed by atoms with Gasteiger partial charge in [0.05, 0.1) is 11.6 Å². The van der Waals surface area contributed by atoms with E-state index in [1.54, 1.807) is 13.0 Å². The third kappa shape index (κ3) is 3.87. The van der Waals surface area contributed by atoms with Crippen LogP contribution in [0.4, 0.5) is 13.6 Å². The van der Waals surface area contributed by atoms with Crippen LogP contribution in [0.2, 0.25) is 5.02 Å². The van der Waals surface area contributed by atoms with Gasteiger partial charge in [-0.1, -0.05) is 22.8 Å². The Morgan fingerprint density at radius 1 is 1.21 bits per heavy atom. The van der Waals surface area contributed by atoms with Crippen LogP contribution in [0.3, 0.4) is 0 Å². The van der Waals surface area contributed by atoms with E-state index in [1.807, 2.05) is 0 Å². The number of amides is 2. The summed E-state index contributed by atoms with van der Waals surface area (Å²) in [5, 5.41) is 17.9. The maximum absolute atomic E-state index is 15.4. The van der Waals surface area contributed by atoms with Gasteiger partial charge in [0.25, 0.3) is 0 Å². The van der Waals surface area contributed by atoms with Crippen molar-refractivity contribution < 1.29 is 28.0 Å². The Labute approximate surface area is 197 Å². The molecule has 1 heterocycles. The summed E-state index contributed by atoms with van der Waals surface area (Å²) < 4.78 is 35.2. The normalized spacial score (nSPS) is 17.8. The molecular formula is C23H19ClF2N4O4. The highest BCUT2D eigenvalue weighted by atomic mass is 35.5. The third-order valence-electron chi connectivity index (χ3n) is 6.22. The van der Waals surface area contributed by atoms with Gasteiger partial charge < -0.3 is 20.3 Å². The van der Waals surface area contributed by atoms with Crippen molar-refractivity contribution in [3.05, 3.63) is 57.9 Å². The van der Waals surface area contributed by atoms with E-state index in [-0.39, 0.29) is 22.3 Å². The lowest BCUT2D eigenvalue weighted by molar-refractivity contribution is -0.124. The summed E-state index contributed by atoms with van der Waals surface area (Å²) in [6.07, 6.45) is 0.432. The number of halogens is 3. The minimum atomic E-state index is -1.28. The number of hydrogen-bond donors (Lipinski definition) is 3. The molecule has 5 rings (SSSR count). The molecular weight excluding hydrogens is 470 g/mol. The second kappa shape index (κ2) is 8.05. The number of hydrogen-bond acceptors (Lipinski definition) is 5. The molecule has 3 aromatic rings. The number of nitrogens with one attached hydrogen (secondary N) is 2. The van der Waals surface area contributed by atoms with E-state index in [4.69, 9.17) is 21.2 Å². The van der Waals surface area contributed by atoms with Crippen molar-refractivity contribution in [2.75, 3.05) is 0 Å². The van der Waals surface area contributed by atoms with Crippen LogP contribution < -0.4 is 10.6 Å². The minimum Gasteiger partial charge on any atom is -0.465 e. The summed E-state index contributed by atoms with van der Waals surface area (Å²) in [4.78, 5) is 27.8. The Morgan fingerprint density at radius 3 is 2.62 bits per heavy atom. The highest BCUT2D eigenvalue weighted by molar-refractivity contribution is 6.31. The Kier molecular flexibility index (Phi) is 5.27. The lowest BCUT2D eigenvalue weighted by Crippen LogP contribution is -2.49. The predicted octanol–water partition coefficient (Wildman–Crippen LogP) is 4.55. The van der Waals surface area contributed by atoms with Crippen LogP contribution in [0.15, 0.2) is 28.8 Å². The fourth-order valence-corrected chi connectivity index (χ4v) is 4.69. The molecule has 0 aliphatic heterocycles. The SMILES string of the molecule is Cc1nc(-c2c(F)cc(Cl)cc2-c2cc(F)c3c(c2)CCC3NC(=O)C2(NC(=O)O)CC2)no1. The van der Waals surface area contributed by atoms with Gasteiger partial charge in [-0.15, -0.1) is 0 Å². The number of benzene rings is 2. The number of nitrogens with zero attached hydrogens (tertiary/aromatic N) is 2. The van der Waals surface area contributed by atoms with E-state index in [2.05, 4.69) is 20.8 Å². The van der Waals surface area contributed by atoms with E-state index in [0.29, 0.717) is 47.9 Å². The molecule has 0 radical (unpaired) electrons. The molecule has 0 saturated heterocycles. The average Bonchev–Trinajstić information content (AvgIpc) is 3.22. The van der Waals surface area contributed by atoms with Crippen LogP contribution in [0.25, 0.3) is 22.5 Å². The number of aromatic nitrogens is 2. The van der Waals surface area contributed by atoms with Crippen LogP contribution >= 0.6 is 11.6 Å². The van der Waals surface area contributed by atoms with Gasteiger partial charge in [-0.3, -0.25) is 4.79 Å². The molecule has 176 valence electrons. The first-order valence-electron chi connectivity index (χ1n) is 10.6. The first-order chi connectivity index (χ1) is 16.2. The lowest BCUT2D eigenvalue weighted by Gasteiger charge is -2.20. The number of carbonyl (C=O) groups is 2. The van der Waals surface area contributed by atoms with Crippen LogP contribution in [0.1, 0.15) is 42.3 Å². The van der Waals surface area contributed by atoms with Crippen molar-refractivity contribution in [2.24, 2.45) is 0 Å². The molecule has 2 amide bonds. The van der Waals surface area contributed by atoms with Gasteiger partial charge in [0.2, 0.25) is 17.6 Å². The maximum Gasteiger partial charge on any atom is 0.405 e. The largest absolute Gasteiger partial charge is 0.465 e. The maximum atomic E-state index is 15.4.